The molecule has 0 N–H and O–H groups in total. The Balaban J connectivity index is 2.84. The number of aryl methyl sites for hydroxylation is 1. The van der Waals surface area contributed by atoms with E-state index in [1.807, 2.05) is 19.2 Å². The number of hydrogen-bond acceptors (Lipinski definition) is 2. The highest BCUT2D eigenvalue weighted by Gasteiger charge is 2.03. The summed E-state index contributed by atoms with van der Waals surface area (Å²) in [5.41, 5.74) is 1.14. The summed E-state index contributed by atoms with van der Waals surface area (Å²) >= 11 is 0. The van der Waals surface area contributed by atoms with Crippen molar-refractivity contribution in [2.75, 3.05) is 7.11 Å². The van der Waals surface area contributed by atoms with E-state index in [1.165, 1.54) is 0 Å². The molecule has 0 atom stereocenters. The van der Waals surface area contributed by atoms with E-state index >= 15 is 0 Å². The standard InChI is InChI=1S/C11H11NO/c1-8-3-4-9-5-6-12-7-10(9)11(8)13-2/h3-7H,1-2H3. The first-order chi connectivity index (χ1) is 6.33. The van der Waals surface area contributed by atoms with Gasteiger partial charge >= 0.3 is 0 Å². The van der Waals surface area contributed by atoms with Crippen LogP contribution in [-0.4, -0.2) is 12.1 Å². The van der Waals surface area contributed by atoms with Crippen LogP contribution in [0.4, 0.5) is 0 Å². The van der Waals surface area contributed by atoms with Crippen LogP contribution in [0.1, 0.15) is 5.56 Å². The van der Waals surface area contributed by atoms with Crippen molar-refractivity contribution in [1.82, 2.24) is 4.98 Å². The average molecular weight is 173 g/mol. The third-order valence-electron chi connectivity index (χ3n) is 2.17. The Labute approximate surface area is 77.2 Å². The van der Waals surface area contributed by atoms with Crippen LogP contribution in [0.2, 0.25) is 0 Å². The maximum absolute atomic E-state index is 5.32. The fourth-order valence-electron chi connectivity index (χ4n) is 1.51. The van der Waals surface area contributed by atoms with E-state index in [0.29, 0.717) is 0 Å². The third-order valence-corrected chi connectivity index (χ3v) is 2.17. The molecule has 1 heterocycles. The number of methoxy groups -OCH3 is 1. The van der Waals surface area contributed by atoms with E-state index in [1.54, 1.807) is 13.3 Å². The molecule has 1 aromatic heterocycles. The molecule has 0 saturated heterocycles. The van der Waals surface area contributed by atoms with Gasteiger partial charge in [-0.2, -0.15) is 0 Å². The summed E-state index contributed by atoms with van der Waals surface area (Å²) in [7, 11) is 1.69. The number of pyridine rings is 1. The van der Waals surface area contributed by atoms with Crippen molar-refractivity contribution >= 4 is 10.8 Å². The lowest BCUT2D eigenvalue weighted by Crippen LogP contribution is -1.88. The molecule has 2 heteroatoms. The second-order valence-corrected chi connectivity index (χ2v) is 3.01. The molecule has 13 heavy (non-hydrogen) atoms. The summed E-state index contributed by atoms with van der Waals surface area (Å²) in [5.74, 6) is 0.922. The lowest BCUT2D eigenvalue weighted by atomic mass is 10.1. The predicted octanol–water partition coefficient (Wildman–Crippen LogP) is 2.55. The third kappa shape index (κ3) is 1.24. The zero-order valence-electron chi connectivity index (χ0n) is 7.74. The molecule has 0 unspecified atom stereocenters. The summed E-state index contributed by atoms with van der Waals surface area (Å²) in [6.07, 6.45) is 3.62. The molecule has 0 spiro atoms. The smallest absolute Gasteiger partial charge is 0.131 e. The maximum Gasteiger partial charge on any atom is 0.131 e. The van der Waals surface area contributed by atoms with Gasteiger partial charge in [0.2, 0.25) is 0 Å². The quantitative estimate of drug-likeness (QED) is 0.661. The topological polar surface area (TPSA) is 22.1 Å². The molecule has 0 radical (unpaired) electrons. The van der Waals surface area contributed by atoms with Crippen molar-refractivity contribution in [1.29, 1.82) is 0 Å². The van der Waals surface area contributed by atoms with E-state index in [-0.39, 0.29) is 0 Å². The highest BCUT2D eigenvalue weighted by Crippen LogP contribution is 2.27. The second-order valence-electron chi connectivity index (χ2n) is 3.01. The number of nitrogens with zero attached hydrogens (tertiary/aromatic N) is 1. The van der Waals surface area contributed by atoms with Crippen LogP contribution in [0.3, 0.4) is 0 Å². The first kappa shape index (κ1) is 8.05. The number of hydrogen-bond donors (Lipinski definition) is 0. The van der Waals surface area contributed by atoms with Gasteiger partial charge in [0, 0.05) is 17.8 Å². The van der Waals surface area contributed by atoms with Crippen molar-refractivity contribution in [3.63, 3.8) is 0 Å². The van der Waals surface area contributed by atoms with Crippen LogP contribution in [0.15, 0.2) is 30.6 Å². The zero-order chi connectivity index (χ0) is 9.26. The van der Waals surface area contributed by atoms with Crippen molar-refractivity contribution in [3.8, 4) is 5.75 Å². The Bertz CT molecular complexity index is 437. The van der Waals surface area contributed by atoms with E-state index < -0.39 is 0 Å². The summed E-state index contributed by atoms with van der Waals surface area (Å²) in [6.45, 7) is 2.03. The molecule has 0 bridgehead atoms. The molecule has 0 amide bonds. The normalized spacial score (nSPS) is 10.3. The first-order valence-electron chi connectivity index (χ1n) is 4.20. The van der Waals surface area contributed by atoms with Gasteiger partial charge in [0.05, 0.1) is 7.11 Å². The molecule has 2 aromatic rings. The van der Waals surface area contributed by atoms with E-state index in [2.05, 4.69) is 17.1 Å². The van der Waals surface area contributed by atoms with Crippen molar-refractivity contribution < 1.29 is 4.74 Å². The van der Waals surface area contributed by atoms with E-state index in [9.17, 15) is 0 Å². The minimum absolute atomic E-state index is 0.922. The summed E-state index contributed by atoms with van der Waals surface area (Å²) in [4.78, 5) is 4.08. The molecular formula is C11H11NO. The molecule has 0 aliphatic heterocycles. The SMILES string of the molecule is COc1c(C)ccc2ccncc12. The Kier molecular flexibility index (Phi) is 1.89. The monoisotopic (exact) mass is 173 g/mol. The molecule has 2 nitrogen and oxygen atoms in total. The Hall–Kier alpha value is -1.57. The lowest BCUT2D eigenvalue weighted by Gasteiger charge is -2.07. The van der Waals surface area contributed by atoms with E-state index in [0.717, 1.165) is 22.1 Å². The average Bonchev–Trinajstić information content (AvgIpc) is 2.18. The van der Waals surface area contributed by atoms with Crippen molar-refractivity contribution in [2.45, 2.75) is 6.92 Å². The molecule has 1 aromatic carbocycles. The van der Waals surface area contributed by atoms with Crippen LogP contribution in [-0.2, 0) is 0 Å². The molecular weight excluding hydrogens is 162 g/mol. The predicted molar refractivity (Wildman–Crippen MR) is 53.0 cm³/mol. The fourth-order valence-corrected chi connectivity index (χ4v) is 1.51. The number of benzene rings is 1. The van der Waals surface area contributed by atoms with Crippen LogP contribution in [0, 0.1) is 6.92 Å². The Morgan fingerprint density at radius 1 is 1.23 bits per heavy atom. The van der Waals surface area contributed by atoms with Crippen LogP contribution < -0.4 is 4.74 Å². The Morgan fingerprint density at radius 2 is 2.08 bits per heavy atom. The van der Waals surface area contributed by atoms with Crippen LogP contribution in [0.25, 0.3) is 10.8 Å². The molecule has 0 aliphatic rings. The number of rotatable bonds is 1. The second kappa shape index (κ2) is 3.05. The van der Waals surface area contributed by atoms with Gasteiger partial charge in [-0.15, -0.1) is 0 Å². The highest BCUT2D eigenvalue weighted by molar-refractivity contribution is 5.88. The van der Waals surface area contributed by atoms with Crippen molar-refractivity contribution in [2.24, 2.45) is 0 Å². The van der Waals surface area contributed by atoms with Crippen LogP contribution in [0.5, 0.6) is 5.75 Å². The van der Waals surface area contributed by atoms with Gasteiger partial charge in [-0.05, 0) is 23.9 Å². The molecule has 2 rings (SSSR count). The summed E-state index contributed by atoms with van der Waals surface area (Å²) < 4.78 is 5.32. The van der Waals surface area contributed by atoms with Gasteiger partial charge in [0.15, 0.2) is 0 Å². The van der Waals surface area contributed by atoms with Crippen LogP contribution >= 0.6 is 0 Å². The molecule has 66 valence electrons. The fraction of sp³-hybridized carbons (Fsp3) is 0.182. The minimum atomic E-state index is 0.922. The number of ether oxygens (including phenoxy) is 1. The van der Waals surface area contributed by atoms with Gasteiger partial charge < -0.3 is 4.74 Å². The highest BCUT2D eigenvalue weighted by atomic mass is 16.5. The summed E-state index contributed by atoms with van der Waals surface area (Å²) in [5, 5.41) is 2.24. The maximum atomic E-state index is 5.32. The lowest BCUT2D eigenvalue weighted by molar-refractivity contribution is 0.416. The largest absolute Gasteiger partial charge is 0.496 e. The van der Waals surface area contributed by atoms with E-state index in [4.69, 9.17) is 4.74 Å². The van der Waals surface area contributed by atoms with Gasteiger partial charge in [-0.25, -0.2) is 0 Å². The van der Waals surface area contributed by atoms with Crippen molar-refractivity contribution in [3.05, 3.63) is 36.2 Å². The first-order valence-corrected chi connectivity index (χ1v) is 4.20. The summed E-state index contributed by atoms with van der Waals surface area (Å²) in [6, 6.07) is 6.12. The number of aromatic nitrogens is 1. The Morgan fingerprint density at radius 3 is 2.85 bits per heavy atom. The zero-order valence-corrected chi connectivity index (χ0v) is 7.74. The minimum Gasteiger partial charge on any atom is -0.496 e. The molecule has 0 saturated carbocycles. The van der Waals surface area contributed by atoms with Gasteiger partial charge in [-0.3, -0.25) is 4.98 Å². The molecule has 0 aliphatic carbocycles. The van der Waals surface area contributed by atoms with Gasteiger partial charge in [0.25, 0.3) is 0 Å². The van der Waals surface area contributed by atoms with Gasteiger partial charge in [0.1, 0.15) is 5.75 Å². The molecule has 0 fully saturated rings. The number of fused-ring (bicyclic) bond motifs is 1. The van der Waals surface area contributed by atoms with Gasteiger partial charge in [-0.1, -0.05) is 12.1 Å².